The SMILES string of the molecule is CCCCC.CN1CCc2[nH]c3nnc(-c4ccccc4O)cc3c2C1. The average molecular weight is 352 g/mol. The summed E-state index contributed by atoms with van der Waals surface area (Å²) in [5.41, 5.74) is 4.80. The van der Waals surface area contributed by atoms with E-state index in [0.717, 1.165) is 30.5 Å². The molecule has 1 aliphatic rings. The van der Waals surface area contributed by atoms with Gasteiger partial charge in [-0.3, -0.25) is 0 Å². The van der Waals surface area contributed by atoms with E-state index in [2.05, 4.69) is 41.0 Å². The van der Waals surface area contributed by atoms with Crippen LogP contribution in [0.1, 0.15) is 44.4 Å². The van der Waals surface area contributed by atoms with E-state index in [4.69, 9.17) is 0 Å². The molecule has 0 atom stereocenters. The van der Waals surface area contributed by atoms with Gasteiger partial charge in [0.15, 0.2) is 5.65 Å². The first kappa shape index (κ1) is 18.4. The zero-order valence-corrected chi connectivity index (χ0v) is 15.9. The number of aromatic nitrogens is 3. The van der Waals surface area contributed by atoms with Gasteiger partial charge in [0.2, 0.25) is 0 Å². The number of unbranched alkanes of at least 4 members (excludes halogenated alkanes) is 2. The van der Waals surface area contributed by atoms with Crippen molar-refractivity contribution < 1.29 is 5.11 Å². The lowest BCUT2D eigenvalue weighted by Gasteiger charge is -2.22. The van der Waals surface area contributed by atoms with E-state index in [9.17, 15) is 5.11 Å². The molecular weight excluding hydrogens is 324 g/mol. The second-order valence-corrected chi connectivity index (χ2v) is 6.93. The first-order valence-corrected chi connectivity index (χ1v) is 9.48. The molecule has 2 aromatic heterocycles. The van der Waals surface area contributed by atoms with Gasteiger partial charge in [-0.05, 0) is 30.8 Å². The molecule has 0 unspecified atom stereocenters. The number of aromatic hydroxyl groups is 1. The Labute approximate surface area is 155 Å². The maximum atomic E-state index is 9.98. The predicted octanol–water partition coefficient (Wildman–Crippen LogP) is 4.51. The number of para-hydroxylation sites is 1. The molecule has 0 bridgehead atoms. The Balaban J connectivity index is 0.000000349. The molecule has 26 heavy (non-hydrogen) atoms. The van der Waals surface area contributed by atoms with Crippen molar-refractivity contribution >= 4 is 11.0 Å². The van der Waals surface area contributed by atoms with Crippen LogP contribution >= 0.6 is 0 Å². The number of phenolic OH excluding ortho intramolecular Hbond substituents is 1. The van der Waals surface area contributed by atoms with Crippen LogP contribution in [0.3, 0.4) is 0 Å². The van der Waals surface area contributed by atoms with Crippen LogP contribution in [0.4, 0.5) is 0 Å². The highest BCUT2D eigenvalue weighted by molar-refractivity contribution is 5.85. The van der Waals surface area contributed by atoms with Crippen molar-refractivity contribution in [1.82, 2.24) is 20.1 Å². The maximum absolute atomic E-state index is 9.98. The Morgan fingerprint density at radius 2 is 1.92 bits per heavy atom. The highest BCUT2D eigenvalue weighted by atomic mass is 16.3. The molecule has 0 amide bonds. The molecule has 0 radical (unpaired) electrons. The number of nitrogens with zero attached hydrogens (tertiary/aromatic N) is 3. The molecule has 0 spiro atoms. The zero-order chi connectivity index (χ0) is 18.5. The monoisotopic (exact) mass is 352 g/mol. The molecule has 4 rings (SSSR count). The number of H-pyrrole nitrogens is 1. The lowest BCUT2D eigenvalue weighted by molar-refractivity contribution is 0.313. The van der Waals surface area contributed by atoms with Gasteiger partial charge in [0.25, 0.3) is 0 Å². The highest BCUT2D eigenvalue weighted by Crippen LogP contribution is 2.31. The minimum atomic E-state index is 0.229. The lowest BCUT2D eigenvalue weighted by atomic mass is 10.0. The summed E-state index contributed by atoms with van der Waals surface area (Å²) in [4.78, 5) is 5.67. The molecular formula is C21H28N4O. The molecule has 0 aliphatic carbocycles. The van der Waals surface area contributed by atoms with Gasteiger partial charge in [-0.25, -0.2) is 0 Å². The fourth-order valence-electron chi connectivity index (χ4n) is 3.32. The van der Waals surface area contributed by atoms with E-state index in [-0.39, 0.29) is 5.75 Å². The molecule has 1 aliphatic heterocycles. The normalized spacial score (nSPS) is 14.0. The summed E-state index contributed by atoms with van der Waals surface area (Å²) in [7, 11) is 2.13. The fraction of sp³-hybridized carbons (Fsp3) is 0.429. The molecule has 3 aromatic rings. The van der Waals surface area contributed by atoms with Crippen LogP contribution in [0.15, 0.2) is 30.3 Å². The molecule has 2 N–H and O–H groups in total. The molecule has 1 aromatic carbocycles. The van der Waals surface area contributed by atoms with Crippen molar-refractivity contribution in [2.45, 2.75) is 46.1 Å². The van der Waals surface area contributed by atoms with Crippen LogP contribution in [0.5, 0.6) is 5.75 Å². The number of hydrogen-bond donors (Lipinski definition) is 2. The smallest absolute Gasteiger partial charge is 0.160 e. The maximum Gasteiger partial charge on any atom is 0.160 e. The third-order valence-corrected chi connectivity index (χ3v) is 4.81. The topological polar surface area (TPSA) is 65.0 Å². The van der Waals surface area contributed by atoms with Gasteiger partial charge in [-0.1, -0.05) is 45.2 Å². The van der Waals surface area contributed by atoms with E-state index in [1.165, 1.54) is 30.5 Å². The van der Waals surface area contributed by atoms with Crippen LogP contribution in [-0.4, -0.2) is 38.8 Å². The van der Waals surface area contributed by atoms with Gasteiger partial charge in [-0.2, -0.15) is 0 Å². The molecule has 0 saturated heterocycles. The molecule has 5 nitrogen and oxygen atoms in total. The number of phenols is 1. The first-order valence-electron chi connectivity index (χ1n) is 9.48. The third kappa shape index (κ3) is 3.88. The second kappa shape index (κ2) is 8.32. The number of likely N-dealkylation sites (N-methyl/N-ethyl adjacent to an activating group) is 1. The van der Waals surface area contributed by atoms with E-state index < -0.39 is 0 Å². The van der Waals surface area contributed by atoms with Gasteiger partial charge in [0, 0.05) is 36.2 Å². The number of rotatable bonds is 3. The predicted molar refractivity (Wildman–Crippen MR) is 106 cm³/mol. The van der Waals surface area contributed by atoms with Gasteiger partial charge >= 0.3 is 0 Å². The van der Waals surface area contributed by atoms with Crippen LogP contribution in [-0.2, 0) is 13.0 Å². The molecule has 0 saturated carbocycles. The highest BCUT2D eigenvalue weighted by Gasteiger charge is 2.20. The Bertz CT molecular complexity index is 870. The van der Waals surface area contributed by atoms with E-state index in [0.29, 0.717) is 11.3 Å². The molecule has 3 heterocycles. The third-order valence-electron chi connectivity index (χ3n) is 4.81. The zero-order valence-electron chi connectivity index (χ0n) is 15.9. The Hall–Kier alpha value is -2.40. The average Bonchev–Trinajstić information content (AvgIpc) is 3.00. The summed E-state index contributed by atoms with van der Waals surface area (Å²) in [5.74, 6) is 0.229. The van der Waals surface area contributed by atoms with Gasteiger partial charge in [0.1, 0.15) is 5.75 Å². The summed E-state index contributed by atoms with van der Waals surface area (Å²) < 4.78 is 0. The van der Waals surface area contributed by atoms with Gasteiger partial charge in [0.05, 0.1) is 5.69 Å². The van der Waals surface area contributed by atoms with Crippen molar-refractivity contribution in [3.05, 3.63) is 41.6 Å². The van der Waals surface area contributed by atoms with E-state index in [1.54, 1.807) is 12.1 Å². The van der Waals surface area contributed by atoms with Crippen LogP contribution in [0.25, 0.3) is 22.3 Å². The first-order chi connectivity index (χ1) is 12.6. The number of hydrogen-bond acceptors (Lipinski definition) is 4. The molecule has 0 fully saturated rings. The van der Waals surface area contributed by atoms with E-state index >= 15 is 0 Å². The molecule has 5 heteroatoms. The summed E-state index contributed by atoms with van der Waals surface area (Å²) >= 11 is 0. The van der Waals surface area contributed by atoms with Crippen LogP contribution < -0.4 is 0 Å². The quantitative estimate of drug-likeness (QED) is 0.727. The van der Waals surface area contributed by atoms with E-state index in [1.807, 2.05) is 18.2 Å². The van der Waals surface area contributed by atoms with Crippen molar-refractivity contribution in [3.8, 4) is 17.0 Å². The lowest BCUT2D eigenvalue weighted by Crippen LogP contribution is -2.25. The second-order valence-electron chi connectivity index (χ2n) is 6.93. The van der Waals surface area contributed by atoms with Crippen LogP contribution in [0, 0.1) is 0 Å². The summed E-state index contributed by atoms with van der Waals surface area (Å²) in [6.45, 7) is 6.40. The Kier molecular flexibility index (Phi) is 5.89. The van der Waals surface area contributed by atoms with Gasteiger partial charge < -0.3 is 15.0 Å². The minimum Gasteiger partial charge on any atom is -0.507 e. The van der Waals surface area contributed by atoms with Crippen molar-refractivity contribution in [3.63, 3.8) is 0 Å². The van der Waals surface area contributed by atoms with Crippen molar-refractivity contribution in [2.75, 3.05) is 13.6 Å². The molecule has 138 valence electrons. The Morgan fingerprint density at radius 1 is 1.15 bits per heavy atom. The van der Waals surface area contributed by atoms with Crippen LogP contribution in [0.2, 0.25) is 0 Å². The summed E-state index contributed by atoms with van der Waals surface area (Å²) in [6.07, 6.45) is 5.08. The fourth-order valence-corrected chi connectivity index (χ4v) is 3.32. The number of nitrogens with one attached hydrogen (secondary N) is 1. The summed E-state index contributed by atoms with van der Waals surface area (Å²) in [5, 5.41) is 19.6. The minimum absolute atomic E-state index is 0.229. The number of aromatic amines is 1. The Morgan fingerprint density at radius 3 is 2.62 bits per heavy atom. The number of fused-ring (bicyclic) bond motifs is 3. The van der Waals surface area contributed by atoms with Crippen molar-refractivity contribution in [2.24, 2.45) is 0 Å². The largest absolute Gasteiger partial charge is 0.507 e. The van der Waals surface area contributed by atoms with Gasteiger partial charge in [-0.15, -0.1) is 10.2 Å². The van der Waals surface area contributed by atoms with Crippen molar-refractivity contribution in [1.29, 1.82) is 0 Å². The standard InChI is InChI=1S/C16H16N4O.C5H12/c1-20-7-6-13-12(9-20)11-8-14(18-19-16(11)17-13)10-4-2-3-5-15(10)21;1-3-5-4-2/h2-5,8,21H,6-7,9H2,1H3,(H,17,19);3-5H2,1-2H3. The summed E-state index contributed by atoms with van der Waals surface area (Å²) in [6, 6.07) is 9.24. The number of benzene rings is 1.